The van der Waals surface area contributed by atoms with E-state index in [1.807, 2.05) is 24.4 Å². The summed E-state index contributed by atoms with van der Waals surface area (Å²) < 4.78 is 26.2. The van der Waals surface area contributed by atoms with Crippen LogP contribution in [0.5, 0.6) is 11.6 Å². The van der Waals surface area contributed by atoms with Gasteiger partial charge in [-0.05, 0) is 72.7 Å². The molecule has 166 valence electrons. The largest absolute Gasteiger partial charge is 0.465 e. The number of amidine groups is 1. The first kappa shape index (κ1) is 19.9. The van der Waals surface area contributed by atoms with Gasteiger partial charge in [0.1, 0.15) is 11.3 Å². The van der Waals surface area contributed by atoms with Crippen molar-refractivity contribution in [2.24, 2.45) is 10.7 Å². The number of allylic oxidation sites excluding steroid dienone is 2. The molecule has 0 unspecified atom stereocenters. The van der Waals surface area contributed by atoms with Crippen LogP contribution < -0.4 is 10.5 Å². The van der Waals surface area contributed by atoms with Gasteiger partial charge in [-0.15, -0.1) is 0 Å². The predicted molar refractivity (Wildman–Crippen MR) is 123 cm³/mol. The third-order valence-corrected chi connectivity index (χ3v) is 6.68. The van der Waals surface area contributed by atoms with Gasteiger partial charge < -0.3 is 15.2 Å². The van der Waals surface area contributed by atoms with E-state index in [0.29, 0.717) is 35.8 Å². The minimum absolute atomic E-state index is 0.125. The number of nitrogens with two attached hydrogens (primary N) is 1. The number of halogens is 1. The second-order valence-corrected chi connectivity index (χ2v) is 8.62. The monoisotopic (exact) mass is 442 g/mol. The molecule has 0 saturated heterocycles. The summed E-state index contributed by atoms with van der Waals surface area (Å²) in [5, 5.41) is 0. The summed E-state index contributed by atoms with van der Waals surface area (Å²) in [4.78, 5) is 13.3. The molecule has 0 amide bonds. The van der Waals surface area contributed by atoms with Crippen LogP contribution in [0, 0.1) is 5.95 Å². The Bertz CT molecular complexity index is 1320. The highest BCUT2D eigenvalue weighted by atomic mass is 19.1. The summed E-state index contributed by atoms with van der Waals surface area (Å²) in [5.41, 5.74) is 10.4. The van der Waals surface area contributed by atoms with Crippen molar-refractivity contribution < 1.29 is 13.9 Å². The van der Waals surface area contributed by atoms with Gasteiger partial charge in [-0.2, -0.15) is 4.39 Å². The molecule has 2 N–H and O–H groups in total. The van der Waals surface area contributed by atoms with Crippen molar-refractivity contribution in [1.29, 1.82) is 0 Å². The quantitative estimate of drug-likeness (QED) is 0.543. The highest BCUT2D eigenvalue weighted by molar-refractivity contribution is 5.77. The fourth-order valence-corrected chi connectivity index (χ4v) is 5.04. The Kier molecular flexibility index (Phi) is 4.64. The van der Waals surface area contributed by atoms with E-state index in [9.17, 15) is 4.39 Å². The van der Waals surface area contributed by atoms with E-state index in [4.69, 9.17) is 20.2 Å². The molecule has 3 aromatic rings. The maximum atomic E-state index is 14.5. The molecule has 2 aromatic heterocycles. The molecule has 0 radical (unpaired) electrons. The van der Waals surface area contributed by atoms with E-state index >= 15 is 0 Å². The van der Waals surface area contributed by atoms with Crippen LogP contribution in [0.15, 0.2) is 59.9 Å². The highest BCUT2D eigenvalue weighted by Crippen LogP contribution is 2.52. The molecule has 0 bridgehead atoms. The minimum Gasteiger partial charge on any atom is -0.465 e. The first-order chi connectivity index (χ1) is 16.1. The Hall–Kier alpha value is -3.74. The molecule has 4 heterocycles. The maximum Gasteiger partial charge on any atom is 0.283 e. The highest BCUT2D eigenvalue weighted by Gasteiger charge is 2.45. The van der Waals surface area contributed by atoms with Crippen molar-refractivity contribution in [3.8, 4) is 22.8 Å². The zero-order chi connectivity index (χ0) is 22.4. The Morgan fingerprint density at radius 1 is 1.03 bits per heavy atom. The van der Waals surface area contributed by atoms with Crippen molar-refractivity contribution in [3.63, 3.8) is 0 Å². The number of hydrogen-bond acceptors (Lipinski definition) is 6. The lowest BCUT2D eigenvalue weighted by molar-refractivity contribution is 0.218. The van der Waals surface area contributed by atoms with E-state index in [1.54, 1.807) is 12.1 Å². The molecule has 7 heteroatoms. The first-order valence-electron chi connectivity index (χ1n) is 11.3. The summed E-state index contributed by atoms with van der Waals surface area (Å²) in [6.07, 6.45) is 10.7. The first-order valence-corrected chi connectivity index (χ1v) is 11.3. The van der Waals surface area contributed by atoms with Crippen LogP contribution in [-0.2, 0) is 10.3 Å². The Balaban J connectivity index is 1.56. The zero-order valence-corrected chi connectivity index (χ0v) is 18.1. The predicted octanol–water partition coefficient (Wildman–Crippen LogP) is 5.32. The van der Waals surface area contributed by atoms with Crippen LogP contribution in [0.4, 0.5) is 4.39 Å². The Labute approximate surface area is 191 Å². The van der Waals surface area contributed by atoms with E-state index in [-0.39, 0.29) is 6.02 Å². The summed E-state index contributed by atoms with van der Waals surface area (Å²) >= 11 is 0. The molecule has 6 rings (SSSR count). The number of nitrogens with zero attached hydrogens (tertiary/aromatic N) is 3. The average Bonchev–Trinajstić information content (AvgIpc) is 2.85. The Morgan fingerprint density at radius 3 is 2.76 bits per heavy atom. The standard InChI is InChI=1S/C26H23FN4O2/c27-23-19(7-4-11-29-23)17-8-9-22-20(13-17)26(10-12-32-25(28)31-26)21-14-18(15-30-24(21)33-22)16-5-2-1-3-6-16/h4-5,7-9,11,13-15H,1-3,6,10,12H2,(H2,28,31)/t26-/m0/s1. The van der Waals surface area contributed by atoms with Gasteiger partial charge in [0, 0.05) is 35.5 Å². The van der Waals surface area contributed by atoms with E-state index in [2.05, 4.69) is 22.1 Å². The molecular formula is C26H23FN4O2. The molecule has 33 heavy (non-hydrogen) atoms. The summed E-state index contributed by atoms with van der Waals surface area (Å²) in [5.74, 6) is 0.624. The smallest absolute Gasteiger partial charge is 0.283 e. The fraction of sp³-hybridized carbons (Fsp3) is 0.269. The molecule has 2 aliphatic heterocycles. The van der Waals surface area contributed by atoms with Crippen LogP contribution in [0.25, 0.3) is 16.7 Å². The third-order valence-electron chi connectivity index (χ3n) is 6.68. The molecule has 6 nitrogen and oxygen atoms in total. The molecule has 0 fully saturated rings. The van der Waals surface area contributed by atoms with Crippen molar-refractivity contribution >= 4 is 11.6 Å². The van der Waals surface area contributed by atoms with Crippen LogP contribution >= 0.6 is 0 Å². The number of benzene rings is 1. The normalized spacial score (nSPS) is 21.2. The minimum atomic E-state index is -0.821. The number of ether oxygens (including phenoxy) is 2. The summed E-state index contributed by atoms with van der Waals surface area (Å²) in [6, 6.07) is 11.3. The number of rotatable bonds is 2. The van der Waals surface area contributed by atoms with Crippen molar-refractivity contribution in [2.75, 3.05) is 6.61 Å². The number of aliphatic imine (C=N–C) groups is 1. The van der Waals surface area contributed by atoms with Gasteiger partial charge in [0.2, 0.25) is 11.8 Å². The summed E-state index contributed by atoms with van der Waals surface area (Å²) in [7, 11) is 0. The van der Waals surface area contributed by atoms with E-state index in [0.717, 1.165) is 29.5 Å². The molecule has 1 spiro atoms. The van der Waals surface area contributed by atoms with Crippen molar-refractivity contribution in [2.45, 2.75) is 37.6 Å². The summed E-state index contributed by atoms with van der Waals surface area (Å²) in [6.45, 7) is 0.409. The SMILES string of the molecule is NC1=N[C@@]2(CCO1)c1cc(-c3cccnc3F)ccc1Oc1ncc(C3=CCCCC3)cc12. The second kappa shape index (κ2) is 7.69. The van der Waals surface area contributed by atoms with Gasteiger partial charge in [0.25, 0.3) is 6.02 Å². The van der Waals surface area contributed by atoms with E-state index < -0.39 is 11.5 Å². The number of aromatic nitrogens is 2. The van der Waals surface area contributed by atoms with Crippen LogP contribution in [0.2, 0.25) is 0 Å². The number of hydrogen-bond donors (Lipinski definition) is 1. The lowest BCUT2D eigenvalue weighted by atomic mass is 9.77. The van der Waals surface area contributed by atoms with Crippen LogP contribution in [0.1, 0.15) is 48.8 Å². The van der Waals surface area contributed by atoms with Gasteiger partial charge in [-0.3, -0.25) is 0 Å². The van der Waals surface area contributed by atoms with Crippen molar-refractivity contribution in [3.05, 3.63) is 77.5 Å². The van der Waals surface area contributed by atoms with Gasteiger partial charge in [0.05, 0.1) is 6.61 Å². The lowest BCUT2D eigenvalue weighted by Gasteiger charge is -2.39. The zero-order valence-electron chi connectivity index (χ0n) is 18.1. The van der Waals surface area contributed by atoms with E-state index in [1.165, 1.54) is 24.6 Å². The van der Waals surface area contributed by atoms with Crippen LogP contribution in [-0.4, -0.2) is 22.6 Å². The molecule has 1 aromatic carbocycles. The van der Waals surface area contributed by atoms with Gasteiger partial charge in [-0.1, -0.05) is 12.1 Å². The maximum absolute atomic E-state index is 14.5. The number of pyridine rings is 2. The fourth-order valence-electron chi connectivity index (χ4n) is 5.04. The second-order valence-electron chi connectivity index (χ2n) is 8.62. The molecule has 1 aliphatic carbocycles. The van der Waals surface area contributed by atoms with Gasteiger partial charge in [-0.25, -0.2) is 15.0 Å². The Morgan fingerprint density at radius 2 is 1.94 bits per heavy atom. The molecule has 1 atom stereocenters. The average molecular weight is 442 g/mol. The molecular weight excluding hydrogens is 419 g/mol. The third kappa shape index (κ3) is 3.26. The van der Waals surface area contributed by atoms with Gasteiger partial charge in [0.15, 0.2) is 0 Å². The lowest BCUT2D eigenvalue weighted by Crippen LogP contribution is -2.38. The molecule has 3 aliphatic rings. The van der Waals surface area contributed by atoms with Crippen LogP contribution in [0.3, 0.4) is 0 Å². The van der Waals surface area contributed by atoms with Gasteiger partial charge >= 0.3 is 0 Å². The topological polar surface area (TPSA) is 82.6 Å². The molecule has 0 saturated carbocycles. The number of fused-ring (bicyclic) bond motifs is 4. The van der Waals surface area contributed by atoms with Crippen molar-refractivity contribution in [1.82, 2.24) is 9.97 Å².